The first kappa shape index (κ1) is 14.6. The van der Waals surface area contributed by atoms with Crippen LogP contribution in [0.1, 0.15) is 60.9 Å². The summed E-state index contributed by atoms with van der Waals surface area (Å²) < 4.78 is 18.9. The summed E-state index contributed by atoms with van der Waals surface area (Å²) in [5.41, 5.74) is 0.945. The molecule has 0 spiro atoms. The number of halogens is 1. The van der Waals surface area contributed by atoms with E-state index in [4.69, 9.17) is 4.74 Å². The molecule has 3 unspecified atom stereocenters. The molecule has 2 fully saturated rings. The molecule has 3 heteroatoms. The topological polar surface area (TPSA) is 26.3 Å². The zero-order valence-electron chi connectivity index (χ0n) is 12.6. The van der Waals surface area contributed by atoms with Crippen LogP contribution in [0.25, 0.3) is 0 Å². The van der Waals surface area contributed by atoms with Gasteiger partial charge in [-0.15, -0.1) is 0 Å². The van der Waals surface area contributed by atoms with Crippen LogP contribution in [0.5, 0.6) is 0 Å². The van der Waals surface area contributed by atoms with Crippen molar-refractivity contribution in [3.05, 3.63) is 35.1 Å². The molecule has 0 aromatic heterocycles. The first-order valence-electron chi connectivity index (χ1n) is 8.10. The second kappa shape index (κ2) is 6.17. The third-order valence-electron chi connectivity index (χ3n) is 5.16. The molecule has 1 aromatic carbocycles. The number of benzene rings is 1. The van der Waals surface area contributed by atoms with E-state index >= 15 is 0 Å². The van der Waals surface area contributed by atoms with Gasteiger partial charge in [0.15, 0.2) is 0 Å². The van der Waals surface area contributed by atoms with Crippen LogP contribution < -0.4 is 0 Å². The van der Waals surface area contributed by atoms with Gasteiger partial charge in [-0.2, -0.15) is 0 Å². The SMILES string of the molecule is Cc1cc(C(=O)OC2CCC3CCCCC3C2)ccc1F. The monoisotopic (exact) mass is 290 g/mol. The molecular weight excluding hydrogens is 267 g/mol. The molecule has 21 heavy (non-hydrogen) atoms. The number of fused-ring (bicyclic) bond motifs is 1. The Morgan fingerprint density at radius 3 is 2.67 bits per heavy atom. The Morgan fingerprint density at radius 2 is 1.90 bits per heavy atom. The second-order valence-corrected chi connectivity index (χ2v) is 6.61. The van der Waals surface area contributed by atoms with Crippen molar-refractivity contribution in [1.82, 2.24) is 0 Å². The van der Waals surface area contributed by atoms with Gasteiger partial charge in [0.25, 0.3) is 0 Å². The number of carbonyl (C=O) groups is 1. The minimum absolute atomic E-state index is 0.0437. The zero-order chi connectivity index (χ0) is 14.8. The molecule has 2 nitrogen and oxygen atoms in total. The summed E-state index contributed by atoms with van der Waals surface area (Å²) in [4.78, 5) is 12.2. The van der Waals surface area contributed by atoms with Crippen LogP contribution >= 0.6 is 0 Å². The average molecular weight is 290 g/mol. The highest BCUT2D eigenvalue weighted by Gasteiger charge is 2.33. The second-order valence-electron chi connectivity index (χ2n) is 6.61. The molecule has 0 bridgehead atoms. The van der Waals surface area contributed by atoms with E-state index in [-0.39, 0.29) is 17.9 Å². The lowest BCUT2D eigenvalue weighted by Crippen LogP contribution is -2.33. The van der Waals surface area contributed by atoms with Gasteiger partial charge in [-0.25, -0.2) is 9.18 Å². The highest BCUT2D eigenvalue weighted by Crippen LogP contribution is 2.41. The van der Waals surface area contributed by atoms with Gasteiger partial charge >= 0.3 is 5.97 Å². The number of hydrogen-bond donors (Lipinski definition) is 0. The molecule has 2 saturated carbocycles. The van der Waals surface area contributed by atoms with E-state index < -0.39 is 0 Å². The molecule has 0 aliphatic heterocycles. The van der Waals surface area contributed by atoms with Crippen molar-refractivity contribution in [2.75, 3.05) is 0 Å². The number of ether oxygens (including phenoxy) is 1. The number of carbonyl (C=O) groups excluding carboxylic acids is 1. The molecular formula is C18H23FO2. The third kappa shape index (κ3) is 3.28. The van der Waals surface area contributed by atoms with E-state index in [9.17, 15) is 9.18 Å². The molecule has 0 amide bonds. The number of rotatable bonds is 2. The Labute approximate surface area is 125 Å². The van der Waals surface area contributed by atoms with Gasteiger partial charge in [0.2, 0.25) is 0 Å². The summed E-state index contributed by atoms with van der Waals surface area (Å²) in [5.74, 6) is 0.994. The van der Waals surface area contributed by atoms with Gasteiger partial charge in [-0.1, -0.05) is 25.7 Å². The van der Waals surface area contributed by atoms with E-state index in [0.29, 0.717) is 11.1 Å². The molecule has 0 radical (unpaired) electrons. The minimum Gasteiger partial charge on any atom is -0.459 e. The molecule has 3 atom stereocenters. The Kier molecular flexibility index (Phi) is 4.27. The number of hydrogen-bond acceptors (Lipinski definition) is 2. The van der Waals surface area contributed by atoms with Crippen molar-refractivity contribution in [3.8, 4) is 0 Å². The van der Waals surface area contributed by atoms with Crippen LogP contribution in [0, 0.1) is 24.6 Å². The van der Waals surface area contributed by atoms with Crippen LogP contribution in [-0.2, 0) is 4.74 Å². The molecule has 2 aliphatic rings. The van der Waals surface area contributed by atoms with E-state index in [0.717, 1.165) is 24.7 Å². The number of esters is 1. The lowest BCUT2D eigenvalue weighted by molar-refractivity contribution is -0.000936. The summed E-state index contributed by atoms with van der Waals surface area (Å²) in [6.45, 7) is 1.67. The fraction of sp³-hybridized carbons (Fsp3) is 0.611. The highest BCUT2D eigenvalue weighted by atomic mass is 19.1. The maximum atomic E-state index is 13.3. The van der Waals surface area contributed by atoms with Crippen LogP contribution in [0.2, 0.25) is 0 Å². The van der Waals surface area contributed by atoms with Crippen molar-refractivity contribution in [2.24, 2.45) is 11.8 Å². The maximum Gasteiger partial charge on any atom is 0.338 e. The van der Waals surface area contributed by atoms with Crippen LogP contribution in [0.4, 0.5) is 4.39 Å². The fourth-order valence-electron chi connectivity index (χ4n) is 3.93. The molecule has 3 rings (SSSR count). The quantitative estimate of drug-likeness (QED) is 0.741. The molecule has 2 aliphatic carbocycles. The molecule has 0 heterocycles. The van der Waals surface area contributed by atoms with Crippen molar-refractivity contribution < 1.29 is 13.9 Å². The maximum absolute atomic E-state index is 13.3. The predicted molar refractivity (Wildman–Crippen MR) is 79.6 cm³/mol. The largest absolute Gasteiger partial charge is 0.459 e. The highest BCUT2D eigenvalue weighted by molar-refractivity contribution is 5.89. The summed E-state index contributed by atoms with van der Waals surface area (Å²) in [7, 11) is 0. The minimum atomic E-state index is -0.308. The first-order chi connectivity index (χ1) is 10.1. The normalized spacial score (nSPS) is 28.8. The van der Waals surface area contributed by atoms with Gasteiger partial charge in [0.05, 0.1) is 5.56 Å². The average Bonchev–Trinajstić information content (AvgIpc) is 2.50. The van der Waals surface area contributed by atoms with Crippen LogP contribution in [0.15, 0.2) is 18.2 Å². The van der Waals surface area contributed by atoms with Crippen molar-refractivity contribution in [1.29, 1.82) is 0 Å². The lowest BCUT2D eigenvalue weighted by atomic mass is 9.70. The van der Waals surface area contributed by atoms with Gasteiger partial charge in [-0.05, 0) is 61.8 Å². The lowest BCUT2D eigenvalue weighted by Gasteiger charge is -2.38. The van der Waals surface area contributed by atoms with Crippen LogP contribution in [0.3, 0.4) is 0 Å². The van der Waals surface area contributed by atoms with Gasteiger partial charge in [0, 0.05) is 0 Å². The van der Waals surface area contributed by atoms with E-state index in [1.165, 1.54) is 44.2 Å². The summed E-state index contributed by atoms with van der Waals surface area (Å²) in [5, 5.41) is 0. The van der Waals surface area contributed by atoms with Crippen molar-refractivity contribution in [3.63, 3.8) is 0 Å². The molecule has 114 valence electrons. The Balaban J connectivity index is 1.61. The summed E-state index contributed by atoms with van der Waals surface area (Å²) in [6, 6.07) is 4.42. The summed E-state index contributed by atoms with van der Waals surface area (Å²) >= 11 is 0. The molecule has 1 aromatic rings. The Hall–Kier alpha value is -1.38. The van der Waals surface area contributed by atoms with Gasteiger partial charge in [-0.3, -0.25) is 0 Å². The third-order valence-corrected chi connectivity index (χ3v) is 5.16. The summed E-state index contributed by atoms with van der Waals surface area (Å²) in [6.07, 6.45) is 8.53. The standard InChI is InChI=1S/C18H23FO2/c1-12-10-15(7-9-17(12)19)18(20)21-16-8-6-13-4-2-3-5-14(13)11-16/h7,9-10,13-14,16H,2-6,8,11H2,1H3. The van der Waals surface area contributed by atoms with E-state index in [1.807, 2.05) is 0 Å². The van der Waals surface area contributed by atoms with Crippen molar-refractivity contribution in [2.45, 2.75) is 58.0 Å². The van der Waals surface area contributed by atoms with Crippen LogP contribution in [-0.4, -0.2) is 12.1 Å². The number of aryl methyl sites for hydroxylation is 1. The zero-order valence-corrected chi connectivity index (χ0v) is 12.6. The molecule has 0 saturated heterocycles. The Bertz CT molecular complexity index is 526. The van der Waals surface area contributed by atoms with E-state index in [1.54, 1.807) is 13.0 Å². The van der Waals surface area contributed by atoms with Crippen molar-refractivity contribution >= 4 is 5.97 Å². The van der Waals surface area contributed by atoms with Gasteiger partial charge < -0.3 is 4.74 Å². The smallest absolute Gasteiger partial charge is 0.338 e. The fourth-order valence-corrected chi connectivity index (χ4v) is 3.93. The Morgan fingerprint density at radius 1 is 1.14 bits per heavy atom. The van der Waals surface area contributed by atoms with E-state index in [2.05, 4.69) is 0 Å². The predicted octanol–water partition coefficient (Wildman–Crippen LogP) is 4.65. The van der Waals surface area contributed by atoms with Gasteiger partial charge in [0.1, 0.15) is 11.9 Å². The molecule has 0 N–H and O–H groups in total. The first-order valence-corrected chi connectivity index (χ1v) is 8.10.